The second kappa shape index (κ2) is 8.80. The van der Waals surface area contributed by atoms with Crippen LogP contribution in [0.15, 0.2) is 36.2 Å². The predicted octanol–water partition coefficient (Wildman–Crippen LogP) is -1.76. The van der Waals surface area contributed by atoms with Crippen LogP contribution in [0.1, 0.15) is 6.23 Å². The Bertz CT molecular complexity index is 1470. The maximum atomic E-state index is 11.9. The van der Waals surface area contributed by atoms with E-state index in [1.807, 2.05) is 0 Å². The molecule has 3 aliphatic rings. The van der Waals surface area contributed by atoms with Crippen molar-refractivity contribution in [1.82, 2.24) is 19.5 Å². The summed E-state index contributed by atoms with van der Waals surface area (Å²) < 4.78 is 34.2. The highest BCUT2D eigenvalue weighted by Crippen LogP contribution is 2.50. The fourth-order valence-corrected chi connectivity index (χ4v) is 4.79. The van der Waals surface area contributed by atoms with Crippen molar-refractivity contribution >= 4 is 24.8 Å². The lowest BCUT2D eigenvalue weighted by atomic mass is 9.96. The van der Waals surface area contributed by atoms with E-state index in [2.05, 4.69) is 19.5 Å². The molecule has 38 heavy (non-hydrogen) atoms. The van der Waals surface area contributed by atoms with Crippen LogP contribution < -0.4 is 10.6 Å². The SMILES string of the molecule is Nc1ncnc2c1ncn2[C@@H]1O[C@H](COP(=O)([O-])O)[C@H]2OC3(O[C@H]21)C([N+](=O)[O-])=CC([N+](=O)[O-])=CC3[N+](=O)[O-]. The van der Waals surface area contributed by atoms with Crippen LogP contribution in [0.3, 0.4) is 0 Å². The summed E-state index contributed by atoms with van der Waals surface area (Å²) in [5.74, 6) is -2.82. The minimum Gasteiger partial charge on any atom is -0.756 e. The van der Waals surface area contributed by atoms with Gasteiger partial charge in [0.15, 0.2) is 17.7 Å². The van der Waals surface area contributed by atoms with Crippen molar-refractivity contribution in [3.05, 3.63) is 66.5 Å². The molecule has 2 aromatic heterocycles. The van der Waals surface area contributed by atoms with Crippen LogP contribution in [0.5, 0.6) is 0 Å². The third-order valence-corrected chi connectivity index (χ3v) is 6.44. The molecule has 3 unspecified atom stereocenters. The third-order valence-electron chi connectivity index (χ3n) is 5.97. The van der Waals surface area contributed by atoms with Gasteiger partial charge in [0.1, 0.15) is 30.2 Å². The highest BCUT2D eigenvalue weighted by atomic mass is 31.2. The minimum atomic E-state index is -5.29. The van der Waals surface area contributed by atoms with E-state index in [-0.39, 0.29) is 17.0 Å². The Morgan fingerprint density at radius 2 is 1.87 bits per heavy atom. The number of allylic oxidation sites excluding steroid dienone is 1. The van der Waals surface area contributed by atoms with Gasteiger partial charge in [0.2, 0.25) is 0 Å². The van der Waals surface area contributed by atoms with E-state index in [0.717, 1.165) is 6.33 Å². The number of imidazole rings is 1. The summed E-state index contributed by atoms with van der Waals surface area (Å²) in [4.78, 5) is 64.1. The Morgan fingerprint density at radius 3 is 2.50 bits per heavy atom. The van der Waals surface area contributed by atoms with Crippen molar-refractivity contribution in [2.75, 3.05) is 12.3 Å². The summed E-state index contributed by atoms with van der Waals surface area (Å²) in [6, 6.07) is -2.28. The molecule has 202 valence electrons. The summed E-state index contributed by atoms with van der Waals surface area (Å²) in [6.45, 7) is -0.894. The molecule has 0 amide bonds. The lowest BCUT2D eigenvalue weighted by Crippen LogP contribution is -2.53. The van der Waals surface area contributed by atoms with Gasteiger partial charge < -0.3 is 34.3 Å². The number of ether oxygens (including phenoxy) is 3. The fourth-order valence-electron chi connectivity index (χ4n) is 4.46. The predicted molar refractivity (Wildman–Crippen MR) is 113 cm³/mol. The average Bonchev–Trinajstić information content (AvgIpc) is 3.50. The first-order valence-electron chi connectivity index (χ1n) is 10.3. The smallest absolute Gasteiger partial charge is 0.337 e. The molecule has 2 aliphatic heterocycles. The van der Waals surface area contributed by atoms with E-state index in [1.54, 1.807) is 0 Å². The highest BCUT2D eigenvalue weighted by molar-refractivity contribution is 7.44. The molecule has 21 nitrogen and oxygen atoms in total. The molecule has 4 heterocycles. The van der Waals surface area contributed by atoms with Crippen molar-refractivity contribution in [3.8, 4) is 0 Å². The number of nitrogens with two attached hydrogens (primary N) is 1. The molecular weight excluding hydrogens is 543 g/mol. The van der Waals surface area contributed by atoms with Crippen molar-refractivity contribution in [1.29, 1.82) is 0 Å². The number of hydrogen-bond donors (Lipinski definition) is 2. The standard InChI is InChI=1S/C16H15N8O13P/c17-13-10-14(19-4-18-13)21(5-20-10)15-12-11(7(35-15)3-34-38(31,32)33)36-16(37-12)8(23(27)28)1-6(22(25)26)2-9(16)24(29)30/h1-2,4-5,7-8,11-12,15H,3H2,(H2,17,18,19)(H2,31,32,33)/p-1/t7-,8?,11-,12-,15-,16?/m1/s1. The molecule has 5 rings (SSSR count). The molecule has 2 fully saturated rings. The van der Waals surface area contributed by atoms with Crippen LogP contribution in [0.25, 0.3) is 11.2 Å². The third kappa shape index (κ3) is 4.07. The summed E-state index contributed by atoms with van der Waals surface area (Å²) in [5, 5.41) is 35.2. The van der Waals surface area contributed by atoms with E-state index in [4.69, 9.17) is 24.8 Å². The van der Waals surface area contributed by atoms with Crippen LogP contribution in [0.2, 0.25) is 0 Å². The monoisotopic (exact) mass is 557 g/mol. The van der Waals surface area contributed by atoms with E-state index in [1.165, 1.54) is 10.9 Å². The van der Waals surface area contributed by atoms with Crippen LogP contribution >= 0.6 is 7.82 Å². The number of rotatable bonds is 7. The van der Waals surface area contributed by atoms with Crippen LogP contribution in [0.4, 0.5) is 5.82 Å². The quantitative estimate of drug-likeness (QED) is 0.216. The van der Waals surface area contributed by atoms with Crippen molar-refractivity contribution in [2.24, 2.45) is 0 Å². The lowest BCUT2D eigenvalue weighted by molar-refractivity contribution is -0.569. The highest BCUT2D eigenvalue weighted by Gasteiger charge is 2.71. The number of fused-ring (bicyclic) bond motifs is 2. The van der Waals surface area contributed by atoms with E-state index < -0.39 is 77.0 Å². The minimum absolute atomic E-state index is 0.0208. The molecule has 0 bridgehead atoms. The Labute approximate surface area is 208 Å². The summed E-state index contributed by atoms with van der Waals surface area (Å²) in [7, 11) is -5.29. The maximum absolute atomic E-state index is 11.9. The van der Waals surface area contributed by atoms with Gasteiger partial charge in [0.05, 0.1) is 34.9 Å². The molecule has 0 radical (unpaired) electrons. The van der Waals surface area contributed by atoms with Gasteiger partial charge in [-0.05, 0) is 0 Å². The van der Waals surface area contributed by atoms with Crippen molar-refractivity contribution < 1.29 is 47.9 Å². The Hall–Kier alpha value is -3.98. The topological polar surface area (TPSA) is 296 Å². The Balaban J connectivity index is 1.61. The number of nitrogens with zero attached hydrogens (tertiary/aromatic N) is 7. The maximum Gasteiger partial charge on any atom is 0.337 e. The molecule has 0 saturated carbocycles. The van der Waals surface area contributed by atoms with E-state index in [9.17, 15) is 39.8 Å². The van der Waals surface area contributed by atoms with Gasteiger partial charge in [-0.1, -0.05) is 0 Å². The van der Waals surface area contributed by atoms with Crippen LogP contribution in [-0.2, 0) is 23.3 Å². The first kappa shape index (κ1) is 25.7. The number of anilines is 1. The first-order chi connectivity index (χ1) is 17.8. The van der Waals surface area contributed by atoms with Crippen molar-refractivity contribution in [3.63, 3.8) is 0 Å². The van der Waals surface area contributed by atoms with Gasteiger partial charge in [0, 0.05) is 4.92 Å². The molecule has 1 aliphatic carbocycles. The molecule has 1 spiro atoms. The van der Waals surface area contributed by atoms with Gasteiger partial charge in [-0.2, -0.15) is 0 Å². The van der Waals surface area contributed by atoms with Crippen LogP contribution in [0, 0.1) is 30.3 Å². The zero-order chi connectivity index (χ0) is 27.6. The molecule has 22 heteroatoms. The van der Waals surface area contributed by atoms with Gasteiger partial charge >= 0.3 is 17.5 Å². The van der Waals surface area contributed by atoms with E-state index in [0.29, 0.717) is 12.2 Å². The molecule has 0 aromatic carbocycles. The lowest BCUT2D eigenvalue weighted by Gasteiger charge is -2.30. The van der Waals surface area contributed by atoms with Gasteiger partial charge in [-0.15, -0.1) is 0 Å². The summed E-state index contributed by atoms with van der Waals surface area (Å²) >= 11 is 0. The second-order valence-electron chi connectivity index (χ2n) is 8.11. The molecular formula is C16H14N8O13P-. The average molecular weight is 557 g/mol. The summed E-state index contributed by atoms with van der Waals surface area (Å²) in [5.41, 5.74) is 3.90. The van der Waals surface area contributed by atoms with E-state index >= 15 is 0 Å². The number of nitrogen functional groups attached to an aromatic ring is 1. The molecule has 2 aromatic rings. The molecule has 2 saturated heterocycles. The van der Waals surface area contributed by atoms with Crippen LogP contribution in [-0.4, -0.2) is 75.9 Å². The largest absolute Gasteiger partial charge is 0.756 e. The number of phosphoric acid groups is 1. The number of aromatic nitrogens is 4. The molecule has 3 N–H and O–H groups in total. The Morgan fingerprint density at radius 1 is 1.16 bits per heavy atom. The Kier molecular flexibility index (Phi) is 5.94. The number of phosphoric ester groups is 1. The zero-order valence-corrected chi connectivity index (χ0v) is 19.3. The normalized spacial score (nSPS) is 32.0. The fraction of sp³-hybridized carbons (Fsp3) is 0.438. The number of hydrogen-bond acceptors (Lipinski definition) is 16. The number of nitro groups is 3. The zero-order valence-electron chi connectivity index (χ0n) is 18.4. The van der Waals surface area contributed by atoms with Gasteiger partial charge in [-0.3, -0.25) is 39.5 Å². The first-order valence-corrected chi connectivity index (χ1v) is 11.8. The second-order valence-corrected chi connectivity index (χ2v) is 9.31. The van der Waals surface area contributed by atoms with Gasteiger partial charge in [-0.25, -0.2) is 15.0 Å². The molecule has 7 atom stereocenters. The van der Waals surface area contributed by atoms with Gasteiger partial charge in [0.25, 0.3) is 13.5 Å². The van der Waals surface area contributed by atoms with Crippen molar-refractivity contribution in [2.45, 2.75) is 36.4 Å². The summed E-state index contributed by atoms with van der Waals surface area (Å²) in [6.07, 6.45) is -2.48.